The van der Waals surface area contributed by atoms with Crippen molar-refractivity contribution in [2.24, 2.45) is 0 Å². The second-order valence-electron chi connectivity index (χ2n) is 5.68. The van der Waals surface area contributed by atoms with Gasteiger partial charge in [-0.3, -0.25) is 0 Å². The maximum absolute atomic E-state index is 10.7. The zero-order chi connectivity index (χ0) is 12.4. The van der Waals surface area contributed by atoms with Gasteiger partial charge in [0.25, 0.3) is 0 Å². The van der Waals surface area contributed by atoms with Gasteiger partial charge in [-0.15, -0.1) is 0 Å². The van der Waals surface area contributed by atoms with E-state index in [-0.39, 0.29) is 6.10 Å². The summed E-state index contributed by atoms with van der Waals surface area (Å²) in [6.07, 6.45) is 10.5. The minimum atomic E-state index is -0.361. The van der Waals surface area contributed by atoms with Crippen LogP contribution >= 0.6 is 0 Å². The van der Waals surface area contributed by atoms with Crippen LogP contribution in [0.15, 0.2) is 35.9 Å². The van der Waals surface area contributed by atoms with Gasteiger partial charge in [-0.05, 0) is 61.1 Å². The van der Waals surface area contributed by atoms with E-state index >= 15 is 0 Å². The molecule has 1 heteroatoms. The maximum Gasteiger partial charge on any atom is 0.100 e. The molecule has 1 aromatic rings. The van der Waals surface area contributed by atoms with Crippen molar-refractivity contribution in [3.05, 3.63) is 47.0 Å². The Balaban J connectivity index is 1.86. The van der Waals surface area contributed by atoms with Crippen LogP contribution in [-0.2, 0) is 0 Å². The molecule has 0 aliphatic heterocycles. The van der Waals surface area contributed by atoms with E-state index < -0.39 is 0 Å². The zero-order valence-electron chi connectivity index (χ0n) is 10.9. The average molecular weight is 242 g/mol. The quantitative estimate of drug-likeness (QED) is 0.774. The number of hydrogen-bond donors (Lipinski definition) is 1. The topological polar surface area (TPSA) is 20.2 Å². The molecule has 1 aromatic carbocycles. The molecule has 0 bridgehead atoms. The van der Waals surface area contributed by atoms with Crippen LogP contribution in [0, 0.1) is 0 Å². The second kappa shape index (κ2) is 5.27. The Morgan fingerprint density at radius 2 is 1.89 bits per heavy atom. The second-order valence-corrected chi connectivity index (χ2v) is 5.68. The Labute approximate surface area is 110 Å². The molecule has 0 heterocycles. The summed E-state index contributed by atoms with van der Waals surface area (Å²) in [6.45, 7) is 0. The molecule has 1 nitrogen and oxygen atoms in total. The molecule has 18 heavy (non-hydrogen) atoms. The summed E-state index contributed by atoms with van der Waals surface area (Å²) in [7, 11) is 0. The Kier molecular flexibility index (Phi) is 3.51. The number of aliphatic hydroxyl groups is 1. The fourth-order valence-electron chi connectivity index (χ4n) is 3.01. The van der Waals surface area contributed by atoms with Gasteiger partial charge in [0.05, 0.1) is 0 Å². The van der Waals surface area contributed by atoms with E-state index in [2.05, 4.69) is 30.3 Å². The lowest BCUT2D eigenvalue weighted by atomic mass is 9.92. The minimum absolute atomic E-state index is 0.361. The third-order valence-corrected chi connectivity index (χ3v) is 4.24. The standard InChI is InChI=1S/C17H22O/c18-17(14-7-3-1-2-4-8-14)16-10-6-5-9-15(16)13-11-12-13/h5-7,9-10,13,17-18H,1-4,8,11-12H2. The number of hydrogen-bond acceptors (Lipinski definition) is 1. The molecule has 0 amide bonds. The SMILES string of the molecule is OC(C1=CCCCCC1)c1ccccc1C1CC1. The summed E-state index contributed by atoms with van der Waals surface area (Å²) in [4.78, 5) is 0. The van der Waals surface area contributed by atoms with Crippen LogP contribution in [0.2, 0.25) is 0 Å². The molecule has 2 aliphatic rings. The number of benzene rings is 1. The molecule has 96 valence electrons. The first kappa shape index (κ1) is 12.0. The molecule has 0 radical (unpaired) electrons. The lowest BCUT2D eigenvalue weighted by Crippen LogP contribution is -2.04. The highest BCUT2D eigenvalue weighted by Crippen LogP contribution is 2.44. The number of rotatable bonds is 3. The summed E-state index contributed by atoms with van der Waals surface area (Å²) in [5.41, 5.74) is 3.80. The van der Waals surface area contributed by atoms with Crippen molar-refractivity contribution in [2.45, 2.75) is 57.0 Å². The van der Waals surface area contributed by atoms with Gasteiger partial charge in [0.1, 0.15) is 6.10 Å². The molecule has 2 aliphatic carbocycles. The van der Waals surface area contributed by atoms with Crippen molar-refractivity contribution in [1.29, 1.82) is 0 Å². The molecule has 1 fully saturated rings. The van der Waals surface area contributed by atoms with Crippen molar-refractivity contribution in [1.82, 2.24) is 0 Å². The summed E-state index contributed by atoms with van der Waals surface area (Å²) in [5.74, 6) is 0.710. The molecule has 1 unspecified atom stereocenters. The summed E-state index contributed by atoms with van der Waals surface area (Å²) in [6, 6.07) is 8.48. The Bertz CT molecular complexity index is 443. The van der Waals surface area contributed by atoms with Crippen LogP contribution in [0.25, 0.3) is 0 Å². The molecule has 1 saturated carbocycles. The van der Waals surface area contributed by atoms with E-state index in [9.17, 15) is 5.11 Å². The van der Waals surface area contributed by atoms with E-state index in [1.54, 1.807) is 0 Å². The summed E-state index contributed by atoms with van der Waals surface area (Å²) in [5, 5.41) is 10.7. The average Bonchev–Trinajstić information content (AvgIpc) is 3.24. The fourth-order valence-corrected chi connectivity index (χ4v) is 3.01. The Morgan fingerprint density at radius 1 is 1.06 bits per heavy atom. The first-order valence-corrected chi connectivity index (χ1v) is 7.32. The molecular weight excluding hydrogens is 220 g/mol. The molecule has 0 spiro atoms. The molecule has 0 aromatic heterocycles. The van der Waals surface area contributed by atoms with Crippen molar-refractivity contribution >= 4 is 0 Å². The van der Waals surface area contributed by atoms with Gasteiger partial charge in [-0.1, -0.05) is 36.8 Å². The maximum atomic E-state index is 10.7. The van der Waals surface area contributed by atoms with Crippen LogP contribution in [0.5, 0.6) is 0 Å². The van der Waals surface area contributed by atoms with Crippen molar-refractivity contribution < 1.29 is 5.11 Å². The fraction of sp³-hybridized carbons (Fsp3) is 0.529. The van der Waals surface area contributed by atoms with Crippen LogP contribution in [0.1, 0.15) is 68.1 Å². The number of aliphatic hydroxyl groups excluding tert-OH is 1. The molecule has 1 N–H and O–H groups in total. The Morgan fingerprint density at radius 3 is 2.72 bits per heavy atom. The first-order valence-electron chi connectivity index (χ1n) is 7.32. The smallest absolute Gasteiger partial charge is 0.100 e. The monoisotopic (exact) mass is 242 g/mol. The predicted molar refractivity (Wildman–Crippen MR) is 74.5 cm³/mol. The minimum Gasteiger partial charge on any atom is -0.384 e. The van der Waals surface area contributed by atoms with Gasteiger partial charge in [0, 0.05) is 0 Å². The Hall–Kier alpha value is -1.08. The molecule has 0 saturated heterocycles. The molecule has 1 atom stereocenters. The van der Waals surface area contributed by atoms with Crippen LogP contribution in [0.4, 0.5) is 0 Å². The predicted octanol–water partition coefficient (Wildman–Crippen LogP) is 4.49. The van der Waals surface area contributed by atoms with Crippen LogP contribution in [-0.4, -0.2) is 5.11 Å². The summed E-state index contributed by atoms with van der Waals surface area (Å²) >= 11 is 0. The highest BCUT2D eigenvalue weighted by atomic mass is 16.3. The van der Waals surface area contributed by atoms with E-state index in [4.69, 9.17) is 0 Å². The largest absolute Gasteiger partial charge is 0.384 e. The van der Waals surface area contributed by atoms with E-state index in [0.29, 0.717) is 5.92 Å². The van der Waals surface area contributed by atoms with Crippen LogP contribution in [0.3, 0.4) is 0 Å². The summed E-state index contributed by atoms with van der Waals surface area (Å²) < 4.78 is 0. The van der Waals surface area contributed by atoms with Gasteiger partial charge >= 0.3 is 0 Å². The number of allylic oxidation sites excluding steroid dienone is 1. The van der Waals surface area contributed by atoms with E-state index in [1.165, 1.54) is 43.2 Å². The van der Waals surface area contributed by atoms with Crippen molar-refractivity contribution in [2.75, 3.05) is 0 Å². The molecule has 3 rings (SSSR count). The lowest BCUT2D eigenvalue weighted by molar-refractivity contribution is 0.209. The third-order valence-electron chi connectivity index (χ3n) is 4.24. The van der Waals surface area contributed by atoms with Crippen molar-refractivity contribution in [3.8, 4) is 0 Å². The van der Waals surface area contributed by atoms with E-state index in [1.807, 2.05) is 0 Å². The van der Waals surface area contributed by atoms with Crippen LogP contribution < -0.4 is 0 Å². The van der Waals surface area contributed by atoms with Gasteiger partial charge < -0.3 is 5.11 Å². The van der Waals surface area contributed by atoms with Crippen molar-refractivity contribution in [3.63, 3.8) is 0 Å². The van der Waals surface area contributed by atoms with Gasteiger partial charge in [-0.25, -0.2) is 0 Å². The first-order chi connectivity index (χ1) is 8.86. The normalized spacial score (nSPS) is 22.2. The van der Waals surface area contributed by atoms with E-state index in [0.717, 1.165) is 18.4 Å². The van der Waals surface area contributed by atoms with Gasteiger partial charge in [0.15, 0.2) is 0 Å². The van der Waals surface area contributed by atoms with Gasteiger partial charge in [0.2, 0.25) is 0 Å². The van der Waals surface area contributed by atoms with Gasteiger partial charge in [-0.2, -0.15) is 0 Å². The molecular formula is C17H22O. The lowest BCUT2D eigenvalue weighted by Gasteiger charge is -2.18. The highest BCUT2D eigenvalue weighted by molar-refractivity contribution is 5.38. The third kappa shape index (κ3) is 2.51. The highest BCUT2D eigenvalue weighted by Gasteiger charge is 2.28. The zero-order valence-corrected chi connectivity index (χ0v) is 10.9.